The number of hydrogen-bond donors (Lipinski definition) is 0. The topological polar surface area (TPSA) is 80.0 Å². The molecule has 1 aliphatic heterocycles. The van der Waals surface area contributed by atoms with Gasteiger partial charge >= 0.3 is 0 Å². The highest BCUT2D eigenvalue weighted by atomic mass is 35.5. The molecule has 4 rings (SSSR count). The number of carbonyl (C=O) groups excluding carboxylic acids is 1. The molecule has 1 aromatic carbocycles. The van der Waals surface area contributed by atoms with Crippen LogP contribution in [0.1, 0.15) is 0 Å². The van der Waals surface area contributed by atoms with Gasteiger partial charge in [0.05, 0.1) is 5.75 Å². The number of thioether (sulfide) groups is 1. The molecule has 10 heteroatoms. The van der Waals surface area contributed by atoms with Crippen LogP contribution in [0.3, 0.4) is 0 Å². The van der Waals surface area contributed by atoms with Crippen LogP contribution in [0.25, 0.3) is 11.4 Å². The third-order valence-electron chi connectivity index (χ3n) is 4.73. The number of hydrogen-bond acceptors (Lipinski definition) is 7. The Bertz CT molecular complexity index is 972. The number of aromatic nitrogens is 5. The largest absolute Gasteiger partial charge is 0.338 e. The van der Waals surface area contributed by atoms with E-state index in [4.69, 9.17) is 11.6 Å². The summed E-state index contributed by atoms with van der Waals surface area (Å²) in [5.74, 6) is 1.88. The van der Waals surface area contributed by atoms with Crippen molar-refractivity contribution in [3.8, 4) is 11.4 Å². The van der Waals surface area contributed by atoms with Gasteiger partial charge in [0.25, 0.3) is 0 Å². The molecule has 0 unspecified atom stereocenters. The van der Waals surface area contributed by atoms with Crippen molar-refractivity contribution < 1.29 is 4.79 Å². The minimum Gasteiger partial charge on any atom is -0.338 e. The molecule has 0 bridgehead atoms. The fourth-order valence-electron chi connectivity index (χ4n) is 3.12. The Morgan fingerprint density at radius 3 is 2.45 bits per heavy atom. The quantitative estimate of drug-likeness (QED) is 0.576. The molecule has 150 valence electrons. The molecular formula is C19H20ClN7OS. The van der Waals surface area contributed by atoms with Gasteiger partial charge in [0.2, 0.25) is 11.9 Å². The number of halogens is 1. The Morgan fingerprint density at radius 1 is 1.07 bits per heavy atom. The molecule has 1 fully saturated rings. The molecule has 0 spiro atoms. The summed E-state index contributed by atoms with van der Waals surface area (Å²) < 4.78 is 1.89. The normalized spacial score (nSPS) is 14.3. The first-order valence-electron chi connectivity index (χ1n) is 9.19. The lowest BCUT2D eigenvalue weighted by atomic mass is 10.2. The number of amides is 1. The van der Waals surface area contributed by atoms with E-state index in [1.165, 1.54) is 11.8 Å². The second-order valence-electron chi connectivity index (χ2n) is 6.58. The lowest BCUT2D eigenvalue weighted by molar-refractivity contribution is -0.128. The van der Waals surface area contributed by atoms with Crippen LogP contribution >= 0.6 is 23.4 Å². The van der Waals surface area contributed by atoms with Gasteiger partial charge in [0.15, 0.2) is 11.0 Å². The van der Waals surface area contributed by atoms with Crippen molar-refractivity contribution in [2.75, 3.05) is 36.8 Å². The van der Waals surface area contributed by atoms with Gasteiger partial charge < -0.3 is 14.4 Å². The predicted molar refractivity (Wildman–Crippen MR) is 113 cm³/mol. The Balaban J connectivity index is 1.32. The first kappa shape index (κ1) is 19.7. The van der Waals surface area contributed by atoms with Crippen LogP contribution in [0, 0.1) is 0 Å². The summed E-state index contributed by atoms with van der Waals surface area (Å²) in [6.07, 6.45) is 3.46. The summed E-state index contributed by atoms with van der Waals surface area (Å²) >= 11 is 7.35. The third kappa shape index (κ3) is 4.51. The van der Waals surface area contributed by atoms with Gasteiger partial charge in [-0.25, -0.2) is 9.97 Å². The highest BCUT2D eigenvalue weighted by Gasteiger charge is 2.23. The van der Waals surface area contributed by atoms with E-state index in [0.29, 0.717) is 35.0 Å². The van der Waals surface area contributed by atoms with Crippen LogP contribution < -0.4 is 4.90 Å². The second-order valence-corrected chi connectivity index (χ2v) is 7.96. The average Bonchev–Trinajstić information content (AvgIpc) is 3.13. The maximum absolute atomic E-state index is 12.6. The molecule has 2 aromatic heterocycles. The molecule has 8 nitrogen and oxygen atoms in total. The zero-order chi connectivity index (χ0) is 20.2. The van der Waals surface area contributed by atoms with Gasteiger partial charge in [-0.2, -0.15) is 0 Å². The Hall–Kier alpha value is -2.65. The standard InChI is InChI=1S/C19H20ClN7OS/c1-25-17(14-3-5-15(20)6-4-14)23-24-19(25)29-13-16(28)26-9-11-27(12-10-26)18-21-7-2-8-22-18/h2-8H,9-13H2,1H3. The van der Waals surface area contributed by atoms with E-state index in [1.54, 1.807) is 18.5 Å². The van der Waals surface area contributed by atoms with Crippen LogP contribution in [-0.4, -0.2) is 67.5 Å². The van der Waals surface area contributed by atoms with E-state index in [2.05, 4.69) is 25.1 Å². The number of carbonyl (C=O) groups is 1. The van der Waals surface area contributed by atoms with Gasteiger partial charge in [-0.05, 0) is 30.3 Å². The highest BCUT2D eigenvalue weighted by molar-refractivity contribution is 7.99. The van der Waals surface area contributed by atoms with E-state index in [-0.39, 0.29) is 5.91 Å². The van der Waals surface area contributed by atoms with Crippen LogP contribution in [0.2, 0.25) is 5.02 Å². The molecule has 3 heterocycles. The highest BCUT2D eigenvalue weighted by Crippen LogP contribution is 2.24. The predicted octanol–water partition coefficient (Wildman–Crippen LogP) is 2.37. The maximum Gasteiger partial charge on any atom is 0.233 e. The van der Waals surface area contributed by atoms with E-state index < -0.39 is 0 Å². The zero-order valence-corrected chi connectivity index (χ0v) is 17.5. The number of rotatable bonds is 5. The number of piperazine rings is 1. The van der Waals surface area contributed by atoms with Gasteiger partial charge in [-0.3, -0.25) is 4.79 Å². The molecule has 1 amide bonds. The zero-order valence-electron chi connectivity index (χ0n) is 15.9. The van der Waals surface area contributed by atoms with Crippen molar-refractivity contribution >= 4 is 35.2 Å². The first-order chi connectivity index (χ1) is 14.1. The molecule has 3 aromatic rings. The second kappa shape index (κ2) is 8.79. The Labute approximate surface area is 177 Å². The minimum atomic E-state index is 0.0969. The van der Waals surface area contributed by atoms with Gasteiger partial charge in [-0.1, -0.05) is 23.4 Å². The van der Waals surface area contributed by atoms with E-state index in [0.717, 1.165) is 24.5 Å². The average molecular weight is 430 g/mol. The number of benzene rings is 1. The van der Waals surface area contributed by atoms with Crippen molar-refractivity contribution in [3.63, 3.8) is 0 Å². The van der Waals surface area contributed by atoms with Crippen molar-refractivity contribution in [2.24, 2.45) is 7.05 Å². The summed E-state index contributed by atoms with van der Waals surface area (Å²) in [7, 11) is 1.90. The molecule has 0 aliphatic carbocycles. The molecule has 0 radical (unpaired) electrons. The fourth-order valence-corrected chi connectivity index (χ4v) is 4.06. The third-order valence-corrected chi connectivity index (χ3v) is 5.99. The minimum absolute atomic E-state index is 0.0969. The van der Waals surface area contributed by atoms with Gasteiger partial charge in [0, 0.05) is 56.2 Å². The van der Waals surface area contributed by atoms with Gasteiger partial charge in [0.1, 0.15) is 0 Å². The summed E-state index contributed by atoms with van der Waals surface area (Å²) in [4.78, 5) is 25.1. The van der Waals surface area contributed by atoms with Gasteiger partial charge in [-0.15, -0.1) is 10.2 Å². The summed E-state index contributed by atoms with van der Waals surface area (Å²) in [6, 6.07) is 9.25. The SMILES string of the molecule is Cn1c(SCC(=O)N2CCN(c3ncccn3)CC2)nnc1-c1ccc(Cl)cc1. The Morgan fingerprint density at radius 2 is 1.76 bits per heavy atom. The lowest BCUT2D eigenvalue weighted by Gasteiger charge is -2.34. The van der Waals surface area contributed by atoms with E-state index >= 15 is 0 Å². The monoisotopic (exact) mass is 429 g/mol. The maximum atomic E-state index is 12.6. The molecule has 0 atom stereocenters. The van der Waals surface area contributed by atoms with Crippen LogP contribution in [0.5, 0.6) is 0 Å². The lowest BCUT2D eigenvalue weighted by Crippen LogP contribution is -2.49. The van der Waals surface area contributed by atoms with Crippen molar-refractivity contribution in [2.45, 2.75) is 5.16 Å². The van der Waals surface area contributed by atoms with Crippen molar-refractivity contribution in [1.29, 1.82) is 0 Å². The molecule has 29 heavy (non-hydrogen) atoms. The van der Waals surface area contributed by atoms with Crippen LogP contribution in [-0.2, 0) is 11.8 Å². The van der Waals surface area contributed by atoms with Crippen molar-refractivity contribution in [1.82, 2.24) is 29.6 Å². The van der Waals surface area contributed by atoms with E-state index in [1.807, 2.05) is 40.8 Å². The summed E-state index contributed by atoms with van der Waals surface area (Å²) in [5, 5.41) is 9.87. The molecule has 0 N–H and O–H groups in total. The van der Waals surface area contributed by atoms with Crippen molar-refractivity contribution in [3.05, 3.63) is 47.7 Å². The first-order valence-corrected chi connectivity index (χ1v) is 10.6. The Kier molecular flexibility index (Phi) is 5.96. The smallest absolute Gasteiger partial charge is 0.233 e. The molecule has 0 saturated carbocycles. The number of anilines is 1. The number of nitrogens with zero attached hydrogens (tertiary/aromatic N) is 7. The fraction of sp³-hybridized carbons (Fsp3) is 0.316. The van der Waals surface area contributed by atoms with Crippen LogP contribution in [0.15, 0.2) is 47.9 Å². The summed E-state index contributed by atoms with van der Waals surface area (Å²) in [6.45, 7) is 2.77. The molecular weight excluding hydrogens is 410 g/mol. The molecule has 1 saturated heterocycles. The van der Waals surface area contributed by atoms with Crippen LogP contribution in [0.4, 0.5) is 5.95 Å². The molecule has 1 aliphatic rings. The summed E-state index contributed by atoms with van der Waals surface area (Å²) in [5.41, 5.74) is 0.932. The van der Waals surface area contributed by atoms with E-state index in [9.17, 15) is 4.79 Å².